The lowest BCUT2D eigenvalue weighted by atomic mass is 10.1. The number of hydrogen-bond donors (Lipinski definition) is 2. The van der Waals surface area contributed by atoms with Gasteiger partial charge in [-0.1, -0.05) is 25.7 Å². The van der Waals surface area contributed by atoms with Gasteiger partial charge in [-0.2, -0.15) is 0 Å². The summed E-state index contributed by atoms with van der Waals surface area (Å²) < 4.78 is 13.0. The normalized spacial score (nSPS) is 18.5. The van der Waals surface area contributed by atoms with Crippen LogP contribution in [0.2, 0.25) is 0 Å². The van der Waals surface area contributed by atoms with E-state index < -0.39 is 11.9 Å². The van der Waals surface area contributed by atoms with E-state index >= 15 is 0 Å². The highest BCUT2D eigenvalue weighted by Gasteiger charge is 2.26. The molecule has 2 N–H and O–H groups in total. The molecule has 0 spiro atoms. The largest absolute Gasteiger partial charge is 0.473 e. The number of nitrogens with zero attached hydrogens (tertiary/aromatic N) is 2. The SMILES string of the molecule is O=C(O)C(=O)O.O=C(c1ccc(F)cc1)N1CCN(C2CCCCCC2)CC1. The summed E-state index contributed by atoms with van der Waals surface area (Å²) in [6, 6.07) is 6.58. The van der Waals surface area contributed by atoms with Crippen LogP contribution >= 0.6 is 0 Å². The molecule has 0 aromatic heterocycles. The zero-order chi connectivity index (χ0) is 20.5. The molecule has 1 saturated heterocycles. The zero-order valence-corrected chi connectivity index (χ0v) is 15.8. The van der Waals surface area contributed by atoms with Crippen molar-refractivity contribution in [2.45, 2.75) is 44.6 Å². The molecular formula is C20H27FN2O5. The lowest BCUT2D eigenvalue weighted by Crippen LogP contribution is -2.51. The lowest BCUT2D eigenvalue weighted by Gasteiger charge is -2.39. The van der Waals surface area contributed by atoms with E-state index in [1.807, 2.05) is 4.90 Å². The smallest absolute Gasteiger partial charge is 0.414 e. The van der Waals surface area contributed by atoms with Crippen LogP contribution in [0, 0.1) is 5.82 Å². The van der Waals surface area contributed by atoms with E-state index in [2.05, 4.69) is 4.90 Å². The molecule has 154 valence electrons. The average molecular weight is 394 g/mol. The van der Waals surface area contributed by atoms with Gasteiger partial charge >= 0.3 is 11.9 Å². The van der Waals surface area contributed by atoms with Crippen molar-refractivity contribution < 1.29 is 29.0 Å². The Balaban J connectivity index is 0.000000409. The summed E-state index contributed by atoms with van der Waals surface area (Å²) in [4.78, 5) is 35.1. The van der Waals surface area contributed by atoms with Gasteiger partial charge in [0.25, 0.3) is 5.91 Å². The summed E-state index contributed by atoms with van der Waals surface area (Å²) in [6.07, 6.45) is 8.07. The number of piperazine rings is 1. The van der Waals surface area contributed by atoms with Crippen LogP contribution in [0.25, 0.3) is 0 Å². The Kier molecular flexibility index (Phi) is 8.38. The van der Waals surface area contributed by atoms with Crippen LogP contribution in [-0.2, 0) is 9.59 Å². The number of rotatable bonds is 2. The summed E-state index contributed by atoms with van der Waals surface area (Å²) in [5.41, 5.74) is 0.587. The van der Waals surface area contributed by atoms with Gasteiger partial charge in [0.05, 0.1) is 0 Å². The Labute approximate surface area is 163 Å². The first-order valence-corrected chi connectivity index (χ1v) is 9.63. The number of carbonyl (C=O) groups is 3. The van der Waals surface area contributed by atoms with Crippen molar-refractivity contribution in [2.24, 2.45) is 0 Å². The van der Waals surface area contributed by atoms with E-state index in [1.54, 1.807) is 12.1 Å². The maximum absolute atomic E-state index is 13.0. The van der Waals surface area contributed by atoms with Crippen molar-refractivity contribution in [1.82, 2.24) is 9.80 Å². The number of amides is 1. The molecule has 1 saturated carbocycles. The molecule has 1 aliphatic carbocycles. The second kappa shape index (κ2) is 10.8. The molecule has 0 atom stereocenters. The van der Waals surface area contributed by atoms with Gasteiger partial charge in [0.15, 0.2) is 0 Å². The van der Waals surface area contributed by atoms with Crippen LogP contribution in [0.3, 0.4) is 0 Å². The maximum Gasteiger partial charge on any atom is 0.414 e. The highest BCUT2D eigenvalue weighted by molar-refractivity contribution is 6.27. The number of carboxylic acids is 2. The predicted molar refractivity (Wildman–Crippen MR) is 101 cm³/mol. The van der Waals surface area contributed by atoms with Crippen molar-refractivity contribution >= 4 is 17.8 Å². The molecule has 28 heavy (non-hydrogen) atoms. The second-order valence-corrected chi connectivity index (χ2v) is 7.09. The average Bonchev–Trinajstić information content (AvgIpc) is 2.98. The van der Waals surface area contributed by atoms with Gasteiger partial charge in [-0.15, -0.1) is 0 Å². The topological polar surface area (TPSA) is 98.1 Å². The number of aliphatic carboxylic acids is 2. The van der Waals surface area contributed by atoms with Crippen LogP contribution in [0.5, 0.6) is 0 Å². The van der Waals surface area contributed by atoms with Gasteiger partial charge in [0.1, 0.15) is 5.82 Å². The number of hydrogen-bond acceptors (Lipinski definition) is 4. The van der Waals surface area contributed by atoms with Crippen LogP contribution in [0.1, 0.15) is 48.9 Å². The highest BCUT2D eigenvalue weighted by Crippen LogP contribution is 2.23. The first-order valence-electron chi connectivity index (χ1n) is 9.63. The standard InChI is InChI=1S/C18H25FN2O.C2H2O4/c19-16-9-7-15(8-10-16)18(22)21-13-11-20(12-14-21)17-5-3-1-2-4-6-17;3-1(4)2(5)6/h7-10,17H,1-6,11-14H2;(H,3,4)(H,5,6). The van der Waals surface area contributed by atoms with E-state index in [0.717, 1.165) is 26.2 Å². The lowest BCUT2D eigenvalue weighted by molar-refractivity contribution is -0.159. The molecule has 1 aromatic rings. The van der Waals surface area contributed by atoms with Crippen LogP contribution in [0.4, 0.5) is 4.39 Å². The fourth-order valence-corrected chi connectivity index (χ4v) is 3.69. The van der Waals surface area contributed by atoms with Crippen molar-refractivity contribution in [1.29, 1.82) is 0 Å². The Morgan fingerprint density at radius 3 is 1.79 bits per heavy atom. The van der Waals surface area contributed by atoms with Crippen molar-refractivity contribution in [3.8, 4) is 0 Å². The van der Waals surface area contributed by atoms with Crippen LogP contribution < -0.4 is 0 Å². The first-order chi connectivity index (χ1) is 13.4. The van der Waals surface area contributed by atoms with Gasteiger partial charge in [0, 0.05) is 37.8 Å². The molecule has 2 fully saturated rings. The molecule has 1 amide bonds. The quantitative estimate of drug-likeness (QED) is 0.591. The molecule has 1 aromatic carbocycles. The Morgan fingerprint density at radius 2 is 1.32 bits per heavy atom. The molecule has 0 radical (unpaired) electrons. The van der Waals surface area contributed by atoms with E-state index in [9.17, 15) is 9.18 Å². The molecule has 7 nitrogen and oxygen atoms in total. The number of benzene rings is 1. The first kappa shape index (κ1) is 21.8. The number of carbonyl (C=O) groups excluding carboxylic acids is 1. The van der Waals surface area contributed by atoms with E-state index in [4.69, 9.17) is 19.8 Å². The molecule has 8 heteroatoms. The minimum absolute atomic E-state index is 0.0283. The van der Waals surface area contributed by atoms with Gasteiger partial charge in [-0.3, -0.25) is 9.69 Å². The minimum Gasteiger partial charge on any atom is -0.473 e. The summed E-state index contributed by atoms with van der Waals surface area (Å²) >= 11 is 0. The minimum atomic E-state index is -1.82. The second-order valence-electron chi connectivity index (χ2n) is 7.09. The molecule has 0 unspecified atom stereocenters. The van der Waals surface area contributed by atoms with Crippen molar-refractivity contribution in [3.05, 3.63) is 35.6 Å². The molecule has 0 bridgehead atoms. The van der Waals surface area contributed by atoms with Gasteiger partial charge in [0.2, 0.25) is 0 Å². The molecule has 3 rings (SSSR count). The number of carboxylic acid groups (broad SMARTS) is 2. The summed E-state index contributed by atoms with van der Waals surface area (Å²) in [5.74, 6) is -3.92. The molecule has 2 aliphatic rings. The van der Waals surface area contributed by atoms with Crippen LogP contribution in [-0.4, -0.2) is 70.1 Å². The zero-order valence-electron chi connectivity index (χ0n) is 15.8. The van der Waals surface area contributed by atoms with Gasteiger partial charge < -0.3 is 15.1 Å². The summed E-state index contributed by atoms with van der Waals surface area (Å²) in [6.45, 7) is 3.51. The van der Waals surface area contributed by atoms with E-state index in [-0.39, 0.29) is 11.7 Å². The van der Waals surface area contributed by atoms with Gasteiger partial charge in [-0.25, -0.2) is 14.0 Å². The summed E-state index contributed by atoms with van der Waals surface area (Å²) in [7, 11) is 0. The van der Waals surface area contributed by atoms with Crippen LogP contribution in [0.15, 0.2) is 24.3 Å². The Morgan fingerprint density at radius 1 is 0.821 bits per heavy atom. The molecule has 1 aliphatic heterocycles. The van der Waals surface area contributed by atoms with Crippen molar-refractivity contribution in [2.75, 3.05) is 26.2 Å². The fraction of sp³-hybridized carbons (Fsp3) is 0.550. The van der Waals surface area contributed by atoms with E-state index in [1.165, 1.54) is 50.7 Å². The number of halogens is 1. The third-order valence-corrected chi connectivity index (χ3v) is 5.22. The molecular weight excluding hydrogens is 367 g/mol. The van der Waals surface area contributed by atoms with E-state index in [0.29, 0.717) is 11.6 Å². The predicted octanol–water partition coefficient (Wildman–Crippen LogP) is 2.46. The van der Waals surface area contributed by atoms with Crippen molar-refractivity contribution in [3.63, 3.8) is 0 Å². The third kappa shape index (κ3) is 6.60. The maximum atomic E-state index is 13.0. The highest BCUT2D eigenvalue weighted by atomic mass is 19.1. The Bertz CT molecular complexity index is 652. The molecule has 1 heterocycles. The Hall–Kier alpha value is -2.48. The monoisotopic (exact) mass is 394 g/mol. The fourth-order valence-electron chi connectivity index (χ4n) is 3.69. The third-order valence-electron chi connectivity index (χ3n) is 5.22. The van der Waals surface area contributed by atoms with Gasteiger partial charge in [-0.05, 0) is 37.1 Å². The summed E-state index contributed by atoms with van der Waals surface area (Å²) in [5, 5.41) is 14.8.